The van der Waals surface area contributed by atoms with Crippen LogP contribution in [0.3, 0.4) is 0 Å². The van der Waals surface area contributed by atoms with E-state index in [9.17, 15) is 31.1 Å². The van der Waals surface area contributed by atoms with Gasteiger partial charge in [0.1, 0.15) is 19.1 Å². The summed E-state index contributed by atoms with van der Waals surface area (Å²) in [6.45, 7) is -0.300. The van der Waals surface area contributed by atoms with Gasteiger partial charge in [0.15, 0.2) is 0 Å². The number of rotatable bonds is 6. The van der Waals surface area contributed by atoms with Crippen molar-refractivity contribution in [3.63, 3.8) is 0 Å². The van der Waals surface area contributed by atoms with E-state index in [0.29, 0.717) is 6.42 Å². The van der Waals surface area contributed by atoms with Gasteiger partial charge in [0, 0.05) is 12.1 Å². The molecular formula is C16H27F6N5O2. The molecule has 7 nitrogen and oxygen atoms in total. The van der Waals surface area contributed by atoms with Gasteiger partial charge in [0.25, 0.3) is 5.92 Å². The standard InChI is InChI=1S/C16H27F6N5O2/c1-8-4-12(23-6-15(18,19)7-28)26-13(24-8)27-14(29)25-9-2-3-11(17)10(5-9)16(20,21)22/h8-13,23-24,26,28H,2-7H2,1H3,(H2,25,27,29). The smallest absolute Gasteiger partial charge is 0.390 e. The molecule has 2 amide bonds. The van der Waals surface area contributed by atoms with Crippen LogP contribution in [-0.2, 0) is 0 Å². The first-order chi connectivity index (χ1) is 13.4. The molecule has 0 spiro atoms. The summed E-state index contributed by atoms with van der Waals surface area (Å²) in [5.74, 6) is -5.41. The van der Waals surface area contributed by atoms with Gasteiger partial charge in [-0.25, -0.2) is 18.0 Å². The van der Waals surface area contributed by atoms with Crippen molar-refractivity contribution in [2.75, 3.05) is 13.2 Å². The maximum Gasteiger partial charge on any atom is 0.394 e. The molecule has 6 unspecified atom stereocenters. The molecule has 170 valence electrons. The fourth-order valence-corrected chi connectivity index (χ4v) is 3.54. The second kappa shape index (κ2) is 9.67. The van der Waals surface area contributed by atoms with E-state index >= 15 is 0 Å². The van der Waals surface area contributed by atoms with Crippen molar-refractivity contribution in [3.05, 3.63) is 0 Å². The topological polar surface area (TPSA) is 97.5 Å². The molecule has 0 aromatic heterocycles. The average Bonchev–Trinajstić information content (AvgIpc) is 2.60. The molecular weight excluding hydrogens is 408 g/mol. The van der Waals surface area contributed by atoms with Crippen LogP contribution < -0.4 is 26.6 Å². The summed E-state index contributed by atoms with van der Waals surface area (Å²) in [5.41, 5.74) is 0. The highest BCUT2D eigenvalue weighted by Gasteiger charge is 2.48. The monoisotopic (exact) mass is 435 g/mol. The lowest BCUT2D eigenvalue weighted by atomic mass is 9.84. The highest BCUT2D eigenvalue weighted by molar-refractivity contribution is 5.74. The average molecular weight is 435 g/mol. The fraction of sp³-hybridized carbons (Fsp3) is 0.938. The van der Waals surface area contributed by atoms with Crippen LogP contribution in [-0.4, -0.2) is 67.1 Å². The summed E-state index contributed by atoms with van der Waals surface area (Å²) in [4.78, 5) is 12.1. The van der Waals surface area contributed by atoms with Gasteiger partial charge in [-0.05, 0) is 32.6 Å². The zero-order chi connectivity index (χ0) is 21.8. The van der Waals surface area contributed by atoms with Gasteiger partial charge in [0.05, 0.1) is 18.6 Å². The molecule has 1 saturated carbocycles. The molecule has 13 heteroatoms. The predicted molar refractivity (Wildman–Crippen MR) is 91.7 cm³/mol. The van der Waals surface area contributed by atoms with Crippen LogP contribution in [0.25, 0.3) is 0 Å². The zero-order valence-electron chi connectivity index (χ0n) is 15.8. The number of hydrogen-bond acceptors (Lipinski definition) is 5. The van der Waals surface area contributed by atoms with Gasteiger partial charge in [-0.15, -0.1) is 0 Å². The van der Waals surface area contributed by atoms with E-state index in [-0.39, 0.29) is 18.9 Å². The molecule has 1 heterocycles. The largest absolute Gasteiger partial charge is 0.394 e. The molecule has 2 rings (SSSR count). The van der Waals surface area contributed by atoms with Crippen molar-refractivity contribution in [1.82, 2.24) is 26.6 Å². The molecule has 1 saturated heterocycles. The minimum Gasteiger partial charge on any atom is -0.390 e. The van der Waals surface area contributed by atoms with E-state index < -0.39 is 68.3 Å². The lowest BCUT2D eigenvalue weighted by molar-refractivity contribution is -0.199. The Kier molecular flexibility index (Phi) is 7.99. The summed E-state index contributed by atoms with van der Waals surface area (Å²) in [7, 11) is 0. The number of amides is 2. The third-order valence-electron chi connectivity index (χ3n) is 5.04. The summed E-state index contributed by atoms with van der Waals surface area (Å²) in [6.07, 6.45) is -8.41. The number of carbonyl (C=O) groups is 1. The molecule has 0 radical (unpaired) electrons. The molecule has 0 aromatic carbocycles. The van der Waals surface area contributed by atoms with E-state index in [4.69, 9.17) is 5.11 Å². The van der Waals surface area contributed by atoms with Crippen LogP contribution >= 0.6 is 0 Å². The number of hydrogen-bond donors (Lipinski definition) is 6. The fourth-order valence-electron chi connectivity index (χ4n) is 3.54. The Hall–Kier alpha value is -1.31. The molecule has 0 bridgehead atoms. The zero-order valence-corrected chi connectivity index (χ0v) is 15.8. The van der Waals surface area contributed by atoms with Crippen LogP contribution in [0, 0.1) is 5.92 Å². The number of urea groups is 1. The Morgan fingerprint density at radius 3 is 2.41 bits per heavy atom. The van der Waals surface area contributed by atoms with E-state index in [0.717, 1.165) is 0 Å². The van der Waals surface area contributed by atoms with E-state index in [1.807, 2.05) is 0 Å². The highest BCUT2D eigenvalue weighted by atomic mass is 19.4. The van der Waals surface area contributed by atoms with Gasteiger partial charge in [-0.1, -0.05) is 0 Å². The van der Waals surface area contributed by atoms with Gasteiger partial charge in [0.2, 0.25) is 0 Å². The Morgan fingerprint density at radius 1 is 1.10 bits per heavy atom. The summed E-state index contributed by atoms with van der Waals surface area (Å²) in [6, 6.07) is -1.75. The SMILES string of the molecule is CC1CC(NCC(F)(F)CO)NC(NC(=O)NC2CCC(F)C(C(F)(F)F)C2)N1. The van der Waals surface area contributed by atoms with E-state index in [1.165, 1.54) is 0 Å². The summed E-state index contributed by atoms with van der Waals surface area (Å²) < 4.78 is 78.5. The Labute approximate surface area is 164 Å². The van der Waals surface area contributed by atoms with Crippen molar-refractivity contribution in [2.45, 2.75) is 75.4 Å². The van der Waals surface area contributed by atoms with Crippen molar-refractivity contribution in [1.29, 1.82) is 0 Å². The lowest BCUT2D eigenvalue weighted by Gasteiger charge is -2.38. The Morgan fingerprint density at radius 2 is 1.79 bits per heavy atom. The van der Waals surface area contributed by atoms with Crippen LogP contribution in [0.2, 0.25) is 0 Å². The van der Waals surface area contributed by atoms with E-state index in [2.05, 4.69) is 26.6 Å². The first kappa shape index (κ1) is 24.0. The minimum absolute atomic E-state index is 0.0868. The summed E-state index contributed by atoms with van der Waals surface area (Å²) >= 11 is 0. The minimum atomic E-state index is -4.67. The van der Waals surface area contributed by atoms with Crippen molar-refractivity contribution < 1.29 is 36.2 Å². The summed E-state index contributed by atoms with van der Waals surface area (Å²) in [5, 5.41) is 21.9. The number of halogens is 6. The Bertz CT molecular complexity index is 552. The molecule has 2 aliphatic rings. The predicted octanol–water partition coefficient (Wildman–Crippen LogP) is 1.15. The van der Waals surface area contributed by atoms with Gasteiger partial charge in [-0.3, -0.25) is 16.0 Å². The molecule has 1 aliphatic heterocycles. The lowest BCUT2D eigenvalue weighted by Crippen LogP contribution is -2.69. The van der Waals surface area contributed by atoms with Gasteiger partial charge in [-0.2, -0.15) is 13.2 Å². The van der Waals surface area contributed by atoms with E-state index in [1.54, 1.807) is 6.92 Å². The maximum absolute atomic E-state index is 13.6. The second-order valence-electron chi connectivity index (χ2n) is 7.64. The first-order valence-corrected chi connectivity index (χ1v) is 9.41. The normalized spacial score (nSPS) is 33.9. The second-order valence-corrected chi connectivity index (χ2v) is 7.64. The number of alkyl halides is 6. The highest BCUT2D eigenvalue weighted by Crippen LogP contribution is 2.39. The third-order valence-corrected chi connectivity index (χ3v) is 5.04. The number of nitrogens with one attached hydrogen (secondary N) is 5. The molecule has 6 N–H and O–H groups in total. The number of aliphatic hydroxyl groups is 1. The van der Waals surface area contributed by atoms with Crippen LogP contribution in [0.5, 0.6) is 0 Å². The van der Waals surface area contributed by atoms with Crippen molar-refractivity contribution in [3.8, 4) is 0 Å². The van der Waals surface area contributed by atoms with Crippen LogP contribution in [0.1, 0.15) is 32.6 Å². The quantitative estimate of drug-likeness (QED) is 0.352. The van der Waals surface area contributed by atoms with Gasteiger partial charge >= 0.3 is 12.2 Å². The first-order valence-electron chi connectivity index (χ1n) is 9.41. The maximum atomic E-state index is 13.6. The molecule has 29 heavy (non-hydrogen) atoms. The number of aliphatic hydroxyl groups excluding tert-OH is 1. The van der Waals surface area contributed by atoms with Crippen LogP contribution in [0.4, 0.5) is 31.1 Å². The number of carbonyl (C=O) groups excluding carboxylic acids is 1. The van der Waals surface area contributed by atoms with Crippen molar-refractivity contribution in [2.24, 2.45) is 5.92 Å². The third kappa shape index (κ3) is 7.46. The van der Waals surface area contributed by atoms with Crippen LogP contribution in [0.15, 0.2) is 0 Å². The molecule has 1 aliphatic carbocycles. The van der Waals surface area contributed by atoms with Gasteiger partial charge < -0.3 is 15.7 Å². The van der Waals surface area contributed by atoms with Crippen molar-refractivity contribution >= 4 is 6.03 Å². The molecule has 6 atom stereocenters. The molecule has 0 aromatic rings. The Balaban J connectivity index is 1.83. The molecule has 2 fully saturated rings.